The van der Waals surface area contributed by atoms with E-state index in [0.29, 0.717) is 6.61 Å². The summed E-state index contributed by atoms with van der Waals surface area (Å²) in [5, 5.41) is 4.22. The lowest BCUT2D eigenvalue weighted by atomic mass is 10.1. The van der Waals surface area contributed by atoms with Gasteiger partial charge in [0.05, 0.1) is 12.3 Å². The maximum atomic E-state index is 11.8. The van der Waals surface area contributed by atoms with E-state index in [2.05, 4.69) is 17.0 Å². The van der Waals surface area contributed by atoms with Gasteiger partial charge in [-0.2, -0.15) is 5.10 Å². The lowest BCUT2D eigenvalue weighted by molar-refractivity contribution is -0.146. The van der Waals surface area contributed by atoms with Gasteiger partial charge in [0.1, 0.15) is 0 Å². The van der Waals surface area contributed by atoms with Crippen molar-refractivity contribution in [3.05, 3.63) is 18.0 Å². The van der Waals surface area contributed by atoms with Gasteiger partial charge >= 0.3 is 5.97 Å². The summed E-state index contributed by atoms with van der Waals surface area (Å²) in [6, 6.07) is 1.22. The van der Waals surface area contributed by atoms with Gasteiger partial charge in [-0.1, -0.05) is 6.92 Å². The van der Waals surface area contributed by atoms with Gasteiger partial charge in [0, 0.05) is 12.7 Å². The monoisotopic (exact) mass is 251 g/mol. The summed E-state index contributed by atoms with van der Waals surface area (Å²) in [5.41, 5.74) is 0.854. The minimum Gasteiger partial charge on any atom is -0.471 e. The smallest absolute Gasteiger partial charge is 0.335 e. The zero-order chi connectivity index (χ0) is 13.0. The Labute approximate surface area is 106 Å². The highest BCUT2D eigenvalue weighted by Gasteiger charge is 2.37. The Morgan fingerprint density at radius 1 is 1.56 bits per heavy atom. The van der Waals surface area contributed by atoms with Crippen LogP contribution >= 0.6 is 0 Å². The van der Waals surface area contributed by atoms with Crippen LogP contribution in [-0.2, 0) is 20.8 Å². The number of ether oxygens (including phenoxy) is 2. The molecule has 1 aromatic rings. The van der Waals surface area contributed by atoms with Gasteiger partial charge in [0.2, 0.25) is 0 Å². The topological polar surface area (TPSA) is 65.7 Å². The summed E-state index contributed by atoms with van der Waals surface area (Å²) in [4.78, 5) is 15.8. The number of esters is 1. The van der Waals surface area contributed by atoms with Crippen LogP contribution in [0.5, 0.6) is 0 Å². The maximum Gasteiger partial charge on any atom is 0.335 e. The molecule has 2 unspecified atom stereocenters. The summed E-state index contributed by atoms with van der Waals surface area (Å²) in [7, 11) is 0. The van der Waals surface area contributed by atoms with Crippen molar-refractivity contribution in [2.75, 3.05) is 6.61 Å². The molecule has 6 nitrogen and oxygen atoms in total. The van der Waals surface area contributed by atoms with E-state index >= 15 is 0 Å². The molecule has 2 heterocycles. The second-order valence-corrected chi connectivity index (χ2v) is 3.99. The molecule has 1 aromatic heterocycles. The van der Waals surface area contributed by atoms with E-state index in [1.54, 1.807) is 13.1 Å². The van der Waals surface area contributed by atoms with Crippen LogP contribution in [0.3, 0.4) is 0 Å². The summed E-state index contributed by atoms with van der Waals surface area (Å²) in [5.74, 6) is -0.361. The molecule has 2 atom stereocenters. The molecule has 0 bridgehead atoms. The first-order valence-electron chi connectivity index (χ1n) is 6.13. The lowest BCUT2D eigenvalue weighted by Crippen LogP contribution is -2.28. The number of carbonyl (C=O) groups is 1. The van der Waals surface area contributed by atoms with Crippen molar-refractivity contribution in [2.24, 2.45) is 4.99 Å². The second-order valence-electron chi connectivity index (χ2n) is 3.99. The molecular weight excluding hydrogens is 234 g/mol. The van der Waals surface area contributed by atoms with Crippen LogP contribution in [0.2, 0.25) is 0 Å². The molecule has 0 saturated carbocycles. The Morgan fingerprint density at radius 2 is 2.39 bits per heavy atom. The molecule has 0 aliphatic carbocycles. The Kier molecular flexibility index (Phi) is 3.96. The fourth-order valence-electron chi connectivity index (χ4n) is 1.95. The van der Waals surface area contributed by atoms with E-state index in [4.69, 9.17) is 9.47 Å². The number of nitrogens with zero attached hydrogens (tertiary/aromatic N) is 3. The van der Waals surface area contributed by atoms with Gasteiger partial charge in [-0.25, -0.2) is 9.79 Å². The van der Waals surface area contributed by atoms with E-state index in [-0.39, 0.29) is 5.97 Å². The molecule has 0 aromatic carbocycles. The number of rotatable bonds is 5. The number of carbonyl (C=O) groups excluding carboxylic acids is 1. The van der Waals surface area contributed by atoms with Crippen molar-refractivity contribution < 1.29 is 14.3 Å². The van der Waals surface area contributed by atoms with Crippen LogP contribution in [0, 0.1) is 0 Å². The van der Waals surface area contributed by atoms with E-state index in [1.165, 1.54) is 6.40 Å². The number of aromatic nitrogens is 2. The third-order valence-corrected chi connectivity index (χ3v) is 2.72. The first-order valence-corrected chi connectivity index (χ1v) is 6.13. The Balaban J connectivity index is 2.16. The van der Waals surface area contributed by atoms with Crippen molar-refractivity contribution in [1.29, 1.82) is 0 Å². The quantitative estimate of drug-likeness (QED) is 0.740. The van der Waals surface area contributed by atoms with E-state index in [0.717, 1.165) is 18.7 Å². The molecule has 1 aliphatic heterocycles. The van der Waals surface area contributed by atoms with Crippen molar-refractivity contribution >= 4 is 12.4 Å². The number of hydrogen-bond donors (Lipinski definition) is 0. The number of aliphatic imine (C=N–C) groups is 1. The Morgan fingerprint density at radius 3 is 3.11 bits per heavy atom. The van der Waals surface area contributed by atoms with Crippen molar-refractivity contribution in [1.82, 2.24) is 9.78 Å². The highest BCUT2D eigenvalue weighted by molar-refractivity contribution is 5.80. The lowest BCUT2D eigenvalue weighted by Gasteiger charge is -2.17. The third kappa shape index (κ3) is 2.37. The number of aryl methyl sites for hydroxylation is 1. The van der Waals surface area contributed by atoms with E-state index in [9.17, 15) is 4.79 Å². The summed E-state index contributed by atoms with van der Waals surface area (Å²) in [6.07, 6.45) is 3.55. The normalized spacial score (nSPS) is 21.9. The summed E-state index contributed by atoms with van der Waals surface area (Å²) < 4.78 is 12.2. The van der Waals surface area contributed by atoms with Crippen LogP contribution in [0.4, 0.5) is 0 Å². The van der Waals surface area contributed by atoms with Crippen LogP contribution in [-0.4, -0.2) is 34.8 Å². The average molecular weight is 251 g/mol. The van der Waals surface area contributed by atoms with Gasteiger partial charge in [-0.3, -0.25) is 4.68 Å². The standard InChI is InChI=1S/C12H17N3O3/c1-3-7-15-9(5-6-14-15)11-10(13-8-18-11)12(16)17-4-2/h5-6,8,10-11H,3-4,7H2,1-2H3. The molecule has 0 saturated heterocycles. The van der Waals surface area contributed by atoms with E-state index in [1.807, 2.05) is 10.7 Å². The number of hydrogen-bond acceptors (Lipinski definition) is 5. The SMILES string of the molecule is CCCn1nccc1C1OC=NC1C(=O)OCC. The van der Waals surface area contributed by atoms with Crippen molar-refractivity contribution in [3.8, 4) is 0 Å². The molecule has 6 heteroatoms. The predicted molar refractivity (Wildman–Crippen MR) is 65.3 cm³/mol. The molecule has 0 spiro atoms. The van der Waals surface area contributed by atoms with Gasteiger partial charge in [-0.05, 0) is 19.4 Å². The van der Waals surface area contributed by atoms with Gasteiger partial charge < -0.3 is 9.47 Å². The molecular formula is C12H17N3O3. The molecule has 1 aliphatic rings. The zero-order valence-corrected chi connectivity index (χ0v) is 10.6. The predicted octanol–water partition coefficient (Wildman–Crippen LogP) is 1.32. The fourth-order valence-corrected chi connectivity index (χ4v) is 1.95. The molecule has 2 rings (SSSR count). The van der Waals surface area contributed by atoms with Gasteiger partial charge in [0.15, 0.2) is 18.5 Å². The van der Waals surface area contributed by atoms with E-state index < -0.39 is 12.1 Å². The fraction of sp³-hybridized carbons (Fsp3) is 0.583. The van der Waals surface area contributed by atoms with Crippen molar-refractivity contribution in [2.45, 2.75) is 39.0 Å². The Hall–Kier alpha value is -1.85. The Bertz CT molecular complexity index is 442. The average Bonchev–Trinajstić information content (AvgIpc) is 2.96. The van der Waals surface area contributed by atoms with Crippen LogP contribution < -0.4 is 0 Å². The van der Waals surface area contributed by atoms with Crippen LogP contribution in [0.15, 0.2) is 17.3 Å². The summed E-state index contributed by atoms with van der Waals surface area (Å²) in [6.45, 7) is 4.97. The van der Waals surface area contributed by atoms with Crippen molar-refractivity contribution in [3.63, 3.8) is 0 Å². The minimum atomic E-state index is -0.628. The second kappa shape index (κ2) is 5.66. The zero-order valence-electron chi connectivity index (χ0n) is 10.6. The first-order chi connectivity index (χ1) is 8.77. The highest BCUT2D eigenvalue weighted by Crippen LogP contribution is 2.27. The molecule has 0 amide bonds. The van der Waals surface area contributed by atoms with Gasteiger partial charge in [-0.15, -0.1) is 0 Å². The van der Waals surface area contributed by atoms with Gasteiger partial charge in [0.25, 0.3) is 0 Å². The minimum absolute atomic E-state index is 0.339. The van der Waals surface area contributed by atoms with Crippen LogP contribution in [0.25, 0.3) is 0 Å². The third-order valence-electron chi connectivity index (χ3n) is 2.72. The molecule has 98 valence electrons. The molecule has 0 radical (unpaired) electrons. The molecule has 18 heavy (non-hydrogen) atoms. The maximum absolute atomic E-state index is 11.8. The first kappa shape index (κ1) is 12.6. The highest BCUT2D eigenvalue weighted by atomic mass is 16.5. The largest absolute Gasteiger partial charge is 0.471 e. The molecule has 0 fully saturated rings. The van der Waals surface area contributed by atoms with Crippen LogP contribution in [0.1, 0.15) is 32.1 Å². The summed E-state index contributed by atoms with van der Waals surface area (Å²) >= 11 is 0. The molecule has 0 N–H and O–H groups in total.